The van der Waals surface area contributed by atoms with Gasteiger partial charge in [-0.3, -0.25) is 11.3 Å². The van der Waals surface area contributed by atoms with Crippen LogP contribution in [-0.4, -0.2) is 7.11 Å². The van der Waals surface area contributed by atoms with E-state index in [-0.39, 0.29) is 6.04 Å². The van der Waals surface area contributed by atoms with E-state index in [9.17, 15) is 0 Å². The van der Waals surface area contributed by atoms with E-state index in [1.165, 1.54) is 37.7 Å². The van der Waals surface area contributed by atoms with Crippen molar-refractivity contribution in [3.8, 4) is 5.75 Å². The topological polar surface area (TPSA) is 47.3 Å². The van der Waals surface area contributed by atoms with Gasteiger partial charge in [0, 0.05) is 5.56 Å². The fourth-order valence-corrected chi connectivity index (χ4v) is 5.84. The summed E-state index contributed by atoms with van der Waals surface area (Å²) in [6.07, 6.45) is 7.18. The van der Waals surface area contributed by atoms with E-state index in [4.69, 9.17) is 10.6 Å². The fourth-order valence-electron chi connectivity index (χ4n) is 5.84. The summed E-state index contributed by atoms with van der Waals surface area (Å²) >= 11 is 0. The van der Waals surface area contributed by atoms with Crippen molar-refractivity contribution >= 4 is 0 Å². The third kappa shape index (κ3) is 2.18. The van der Waals surface area contributed by atoms with Gasteiger partial charge in [0.1, 0.15) is 5.75 Å². The Bertz CT molecular complexity index is 488. The molecule has 5 rings (SSSR count). The molecule has 0 amide bonds. The number of nitrogens with two attached hydrogens (primary N) is 1. The number of hydrazine groups is 1. The molecular weight excluding hydrogens is 260 g/mol. The Morgan fingerprint density at radius 1 is 1.05 bits per heavy atom. The standard InChI is InChI=1S/C18H26N2O/c1-21-16-5-3-2-4-15(16)18(20-19)17-13-7-11-6-12(9-13)10-14(17)8-11/h2-5,11-14,17-18,20H,6-10,19H2,1H3. The largest absolute Gasteiger partial charge is 0.496 e. The number of nitrogens with one attached hydrogen (secondary N) is 1. The van der Waals surface area contributed by atoms with Gasteiger partial charge in [0.15, 0.2) is 0 Å². The van der Waals surface area contributed by atoms with Gasteiger partial charge in [-0.15, -0.1) is 0 Å². The van der Waals surface area contributed by atoms with Crippen LogP contribution in [0.3, 0.4) is 0 Å². The first-order valence-electron chi connectivity index (χ1n) is 8.39. The second kappa shape index (κ2) is 5.29. The minimum Gasteiger partial charge on any atom is -0.496 e. The maximum Gasteiger partial charge on any atom is 0.123 e. The summed E-state index contributed by atoms with van der Waals surface area (Å²) in [4.78, 5) is 0. The first kappa shape index (κ1) is 13.6. The highest BCUT2D eigenvalue weighted by Crippen LogP contribution is 2.59. The van der Waals surface area contributed by atoms with Crippen molar-refractivity contribution in [2.45, 2.75) is 38.1 Å². The number of hydrogen-bond acceptors (Lipinski definition) is 3. The van der Waals surface area contributed by atoms with Crippen LogP contribution in [0.2, 0.25) is 0 Å². The van der Waals surface area contributed by atoms with Crippen molar-refractivity contribution in [1.82, 2.24) is 5.43 Å². The van der Waals surface area contributed by atoms with Gasteiger partial charge in [-0.2, -0.15) is 0 Å². The Morgan fingerprint density at radius 2 is 1.67 bits per heavy atom. The predicted octanol–water partition coefficient (Wildman–Crippen LogP) is 3.27. The smallest absolute Gasteiger partial charge is 0.123 e. The van der Waals surface area contributed by atoms with Gasteiger partial charge in [0.05, 0.1) is 13.2 Å². The zero-order valence-corrected chi connectivity index (χ0v) is 12.8. The van der Waals surface area contributed by atoms with Crippen LogP contribution in [0.5, 0.6) is 5.75 Å². The Balaban J connectivity index is 1.67. The number of benzene rings is 1. The summed E-state index contributed by atoms with van der Waals surface area (Å²) in [6, 6.07) is 8.59. The van der Waals surface area contributed by atoms with Crippen LogP contribution in [0, 0.1) is 29.6 Å². The second-order valence-electron chi connectivity index (χ2n) is 7.39. The summed E-state index contributed by atoms with van der Waals surface area (Å²) < 4.78 is 5.58. The summed E-state index contributed by atoms with van der Waals surface area (Å²) in [5.74, 6) is 11.4. The summed E-state index contributed by atoms with van der Waals surface area (Å²) in [6.45, 7) is 0. The highest BCUT2D eigenvalue weighted by Gasteiger charge is 2.50. The maximum absolute atomic E-state index is 6.00. The monoisotopic (exact) mass is 286 g/mol. The molecule has 0 heterocycles. The van der Waals surface area contributed by atoms with Gasteiger partial charge < -0.3 is 4.74 Å². The van der Waals surface area contributed by atoms with E-state index in [1.54, 1.807) is 7.11 Å². The molecule has 0 spiro atoms. The lowest BCUT2D eigenvalue weighted by Gasteiger charge is -2.56. The van der Waals surface area contributed by atoms with Gasteiger partial charge in [-0.05, 0) is 67.8 Å². The molecule has 4 bridgehead atoms. The maximum atomic E-state index is 6.00. The Labute approximate surface area is 127 Å². The van der Waals surface area contributed by atoms with E-state index in [1.807, 2.05) is 6.07 Å². The molecule has 0 aliphatic heterocycles. The van der Waals surface area contributed by atoms with E-state index in [2.05, 4.69) is 23.6 Å². The summed E-state index contributed by atoms with van der Waals surface area (Å²) in [5.41, 5.74) is 4.38. The fraction of sp³-hybridized carbons (Fsp3) is 0.667. The highest BCUT2D eigenvalue weighted by molar-refractivity contribution is 5.36. The van der Waals surface area contributed by atoms with Gasteiger partial charge in [0.2, 0.25) is 0 Å². The normalized spacial score (nSPS) is 38.5. The van der Waals surface area contributed by atoms with E-state index >= 15 is 0 Å². The number of rotatable bonds is 4. The predicted molar refractivity (Wildman–Crippen MR) is 83.6 cm³/mol. The van der Waals surface area contributed by atoms with Crippen molar-refractivity contribution in [3.63, 3.8) is 0 Å². The molecule has 4 aliphatic carbocycles. The van der Waals surface area contributed by atoms with Crippen LogP contribution in [0.25, 0.3) is 0 Å². The van der Waals surface area contributed by atoms with E-state index in [0.717, 1.165) is 29.4 Å². The number of para-hydroxylation sites is 1. The number of methoxy groups -OCH3 is 1. The molecule has 3 heteroatoms. The SMILES string of the molecule is COc1ccccc1C(NN)C1C2CC3CC(C2)CC1C3. The van der Waals surface area contributed by atoms with E-state index < -0.39 is 0 Å². The molecule has 21 heavy (non-hydrogen) atoms. The van der Waals surface area contributed by atoms with Gasteiger partial charge in [0.25, 0.3) is 0 Å². The average Bonchev–Trinajstić information content (AvgIpc) is 2.50. The zero-order chi connectivity index (χ0) is 14.4. The van der Waals surface area contributed by atoms with Crippen molar-refractivity contribution in [3.05, 3.63) is 29.8 Å². The molecule has 1 atom stereocenters. The second-order valence-corrected chi connectivity index (χ2v) is 7.39. The summed E-state index contributed by atoms with van der Waals surface area (Å²) in [7, 11) is 1.75. The van der Waals surface area contributed by atoms with Gasteiger partial charge in [-0.1, -0.05) is 18.2 Å². The molecule has 0 saturated heterocycles. The van der Waals surface area contributed by atoms with Crippen LogP contribution in [-0.2, 0) is 0 Å². The average molecular weight is 286 g/mol. The third-order valence-electron chi connectivity index (χ3n) is 6.34. The Hall–Kier alpha value is -1.06. The third-order valence-corrected chi connectivity index (χ3v) is 6.34. The molecule has 0 radical (unpaired) electrons. The van der Waals surface area contributed by atoms with Gasteiger partial charge >= 0.3 is 0 Å². The van der Waals surface area contributed by atoms with Crippen LogP contribution in [0.15, 0.2) is 24.3 Å². The molecule has 3 nitrogen and oxygen atoms in total. The quantitative estimate of drug-likeness (QED) is 0.659. The summed E-state index contributed by atoms with van der Waals surface area (Å²) in [5, 5.41) is 0. The molecule has 0 aromatic heterocycles. The van der Waals surface area contributed by atoms with Crippen LogP contribution >= 0.6 is 0 Å². The molecule has 4 fully saturated rings. The molecule has 114 valence electrons. The molecule has 4 saturated carbocycles. The Morgan fingerprint density at radius 3 is 2.24 bits per heavy atom. The van der Waals surface area contributed by atoms with Crippen LogP contribution < -0.4 is 16.0 Å². The minimum atomic E-state index is 0.233. The molecule has 1 unspecified atom stereocenters. The molecular formula is C18H26N2O. The number of ether oxygens (including phenoxy) is 1. The zero-order valence-electron chi connectivity index (χ0n) is 12.8. The van der Waals surface area contributed by atoms with Crippen molar-refractivity contribution in [2.75, 3.05) is 7.11 Å². The lowest BCUT2D eigenvalue weighted by molar-refractivity contribution is -0.0528. The van der Waals surface area contributed by atoms with E-state index in [0.29, 0.717) is 5.92 Å². The van der Waals surface area contributed by atoms with Gasteiger partial charge in [-0.25, -0.2) is 0 Å². The first-order valence-corrected chi connectivity index (χ1v) is 8.39. The van der Waals surface area contributed by atoms with Crippen molar-refractivity contribution in [2.24, 2.45) is 35.4 Å². The molecule has 4 aliphatic rings. The first-order chi connectivity index (χ1) is 10.3. The molecule has 1 aromatic carbocycles. The van der Waals surface area contributed by atoms with Crippen molar-refractivity contribution < 1.29 is 4.74 Å². The van der Waals surface area contributed by atoms with Crippen molar-refractivity contribution in [1.29, 1.82) is 0 Å². The molecule has 1 aromatic rings. The Kier molecular flexibility index (Phi) is 3.43. The lowest BCUT2D eigenvalue weighted by Crippen LogP contribution is -2.50. The molecule has 3 N–H and O–H groups in total. The number of hydrogen-bond donors (Lipinski definition) is 2. The lowest BCUT2D eigenvalue weighted by atomic mass is 9.50. The van der Waals surface area contributed by atoms with Crippen LogP contribution in [0.1, 0.15) is 43.7 Å². The van der Waals surface area contributed by atoms with Crippen LogP contribution in [0.4, 0.5) is 0 Å². The minimum absolute atomic E-state index is 0.233. The highest BCUT2D eigenvalue weighted by atomic mass is 16.5.